The molecule has 3 nitrogen and oxygen atoms in total. The second kappa shape index (κ2) is 6.29. The van der Waals surface area contributed by atoms with E-state index >= 15 is 0 Å². The van der Waals surface area contributed by atoms with E-state index in [4.69, 9.17) is 4.74 Å². The number of nitrogens with one attached hydrogen (secondary N) is 1. The van der Waals surface area contributed by atoms with Crippen LogP contribution in [0.25, 0.3) is 0 Å². The molecule has 0 saturated carbocycles. The molecule has 1 unspecified atom stereocenters. The van der Waals surface area contributed by atoms with Crippen LogP contribution in [0.15, 0.2) is 42.7 Å². The van der Waals surface area contributed by atoms with Gasteiger partial charge in [-0.25, -0.2) is 4.39 Å². The van der Waals surface area contributed by atoms with Crippen LogP contribution < -0.4 is 10.1 Å². The quantitative estimate of drug-likeness (QED) is 0.897. The average Bonchev–Trinajstić information content (AvgIpc) is 2.45. The van der Waals surface area contributed by atoms with E-state index in [2.05, 4.69) is 10.3 Å². The molecule has 0 aliphatic rings. The van der Waals surface area contributed by atoms with Gasteiger partial charge in [0.1, 0.15) is 0 Å². The van der Waals surface area contributed by atoms with Gasteiger partial charge in [-0.2, -0.15) is 0 Å². The molecule has 0 radical (unpaired) electrons. The summed E-state index contributed by atoms with van der Waals surface area (Å²) in [6.45, 7) is 2.80. The zero-order chi connectivity index (χ0) is 13.7. The minimum absolute atomic E-state index is 0.0703. The predicted molar refractivity (Wildman–Crippen MR) is 72.7 cm³/mol. The maximum absolute atomic E-state index is 13.8. The number of rotatable bonds is 5. The lowest BCUT2D eigenvalue weighted by molar-refractivity contribution is 0.385. The van der Waals surface area contributed by atoms with E-state index in [0.717, 1.165) is 17.7 Å². The molecular formula is C15H17FN2O. The third kappa shape index (κ3) is 3.09. The van der Waals surface area contributed by atoms with Crippen LogP contribution in [0, 0.1) is 5.82 Å². The smallest absolute Gasteiger partial charge is 0.165 e. The van der Waals surface area contributed by atoms with Crippen LogP contribution in [-0.2, 0) is 0 Å². The molecule has 0 amide bonds. The molecule has 0 saturated heterocycles. The molecular weight excluding hydrogens is 243 g/mol. The van der Waals surface area contributed by atoms with Crippen LogP contribution in [0.1, 0.15) is 24.1 Å². The average molecular weight is 260 g/mol. The highest BCUT2D eigenvalue weighted by molar-refractivity contribution is 5.35. The number of benzene rings is 1. The van der Waals surface area contributed by atoms with Crippen molar-refractivity contribution in [2.75, 3.05) is 13.7 Å². The SMILES string of the molecule is CCNC(c1cccnc1)c1ccc(OC)c(F)c1. The molecule has 0 aliphatic heterocycles. The third-order valence-electron chi connectivity index (χ3n) is 2.94. The van der Waals surface area contributed by atoms with Crippen molar-refractivity contribution in [2.45, 2.75) is 13.0 Å². The lowest BCUT2D eigenvalue weighted by atomic mass is 10.00. The summed E-state index contributed by atoms with van der Waals surface area (Å²) in [5.41, 5.74) is 1.86. The molecule has 4 heteroatoms. The molecule has 0 aliphatic carbocycles. The van der Waals surface area contributed by atoms with Crippen molar-refractivity contribution in [3.63, 3.8) is 0 Å². The first kappa shape index (κ1) is 13.5. The Morgan fingerprint density at radius 2 is 2.16 bits per heavy atom. The Morgan fingerprint density at radius 1 is 1.32 bits per heavy atom. The fourth-order valence-corrected chi connectivity index (χ4v) is 2.04. The van der Waals surface area contributed by atoms with E-state index in [0.29, 0.717) is 0 Å². The Hall–Kier alpha value is -1.94. The zero-order valence-corrected chi connectivity index (χ0v) is 11.1. The lowest BCUT2D eigenvalue weighted by Gasteiger charge is -2.19. The highest BCUT2D eigenvalue weighted by Crippen LogP contribution is 2.25. The third-order valence-corrected chi connectivity index (χ3v) is 2.94. The van der Waals surface area contributed by atoms with E-state index in [9.17, 15) is 4.39 Å². The fourth-order valence-electron chi connectivity index (χ4n) is 2.04. The fraction of sp³-hybridized carbons (Fsp3) is 0.267. The Bertz CT molecular complexity index is 531. The van der Waals surface area contributed by atoms with E-state index < -0.39 is 0 Å². The lowest BCUT2D eigenvalue weighted by Crippen LogP contribution is -2.22. The van der Waals surface area contributed by atoms with Gasteiger partial charge in [-0.05, 0) is 35.9 Å². The first-order valence-corrected chi connectivity index (χ1v) is 6.23. The van der Waals surface area contributed by atoms with Crippen LogP contribution in [0.4, 0.5) is 4.39 Å². The highest BCUT2D eigenvalue weighted by atomic mass is 19.1. The van der Waals surface area contributed by atoms with Gasteiger partial charge in [0.15, 0.2) is 11.6 Å². The van der Waals surface area contributed by atoms with E-state index in [1.165, 1.54) is 13.2 Å². The molecule has 1 aromatic heterocycles. The molecule has 0 bridgehead atoms. The van der Waals surface area contributed by atoms with Crippen LogP contribution in [-0.4, -0.2) is 18.6 Å². The minimum Gasteiger partial charge on any atom is -0.494 e. The van der Waals surface area contributed by atoms with Gasteiger partial charge in [0, 0.05) is 12.4 Å². The maximum atomic E-state index is 13.8. The summed E-state index contributed by atoms with van der Waals surface area (Å²) in [5, 5.41) is 3.33. The molecule has 2 rings (SSSR count). The Kier molecular flexibility index (Phi) is 4.47. The molecule has 1 heterocycles. The summed E-state index contributed by atoms with van der Waals surface area (Å²) < 4.78 is 18.7. The van der Waals surface area contributed by atoms with E-state index in [1.54, 1.807) is 18.5 Å². The van der Waals surface area contributed by atoms with Gasteiger partial charge >= 0.3 is 0 Å². The largest absolute Gasteiger partial charge is 0.494 e. The number of pyridine rings is 1. The van der Waals surface area contributed by atoms with Crippen molar-refractivity contribution in [2.24, 2.45) is 0 Å². The molecule has 0 spiro atoms. The minimum atomic E-state index is -0.355. The molecule has 2 aromatic rings. The van der Waals surface area contributed by atoms with Crippen molar-refractivity contribution in [3.05, 3.63) is 59.7 Å². The number of ether oxygens (including phenoxy) is 1. The number of nitrogens with zero attached hydrogens (tertiary/aromatic N) is 1. The van der Waals surface area contributed by atoms with E-state index in [-0.39, 0.29) is 17.6 Å². The number of aromatic nitrogens is 1. The van der Waals surface area contributed by atoms with Crippen LogP contribution >= 0.6 is 0 Å². The number of hydrogen-bond acceptors (Lipinski definition) is 3. The molecule has 19 heavy (non-hydrogen) atoms. The first-order chi connectivity index (χ1) is 9.26. The van der Waals surface area contributed by atoms with Gasteiger partial charge in [-0.15, -0.1) is 0 Å². The van der Waals surface area contributed by atoms with Crippen molar-refractivity contribution in [3.8, 4) is 5.75 Å². The first-order valence-electron chi connectivity index (χ1n) is 6.23. The van der Waals surface area contributed by atoms with Gasteiger partial charge in [0.25, 0.3) is 0 Å². The van der Waals surface area contributed by atoms with Gasteiger partial charge < -0.3 is 10.1 Å². The van der Waals surface area contributed by atoms with E-state index in [1.807, 2.05) is 25.1 Å². The molecule has 0 fully saturated rings. The Balaban J connectivity index is 2.37. The van der Waals surface area contributed by atoms with Crippen LogP contribution in [0.5, 0.6) is 5.75 Å². The monoisotopic (exact) mass is 260 g/mol. The standard InChI is InChI=1S/C15H17FN2O/c1-3-18-15(12-5-4-8-17-10-12)11-6-7-14(19-2)13(16)9-11/h4-10,15,18H,3H2,1-2H3. The van der Waals surface area contributed by atoms with Crippen molar-refractivity contribution in [1.29, 1.82) is 0 Å². The Labute approximate surface area is 112 Å². The van der Waals surface area contributed by atoms with Crippen LogP contribution in [0.2, 0.25) is 0 Å². The summed E-state index contributed by atoms with van der Waals surface area (Å²) in [6, 6.07) is 8.79. The van der Waals surface area contributed by atoms with Crippen LogP contribution in [0.3, 0.4) is 0 Å². The van der Waals surface area contributed by atoms with Gasteiger partial charge in [0.2, 0.25) is 0 Å². The summed E-state index contributed by atoms with van der Waals surface area (Å²) in [4.78, 5) is 4.11. The highest BCUT2D eigenvalue weighted by Gasteiger charge is 2.15. The zero-order valence-electron chi connectivity index (χ0n) is 11.1. The normalized spacial score (nSPS) is 12.2. The van der Waals surface area contributed by atoms with Gasteiger partial charge in [0.05, 0.1) is 13.2 Å². The topological polar surface area (TPSA) is 34.2 Å². The number of methoxy groups -OCH3 is 1. The summed E-state index contributed by atoms with van der Waals surface area (Å²) in [7, 11) is 1.46. The second-order valence-electron chi connectivity index (χ2n) is 4.17. The molecule has 1 N–H and O–H groups in total. The number of hydrogen-bond donors (Lipinski definition) is 1. The summed E-state index contributed by atoms with van der Waals surface area (Å²) in [6.07, 6.45) is 3.51. The summed E-state index contributed by atoms with van der Waals surface area (Å²) in [5.74, 6) is -0.100. The number of halogens is 1. The van der Waals surface area contributed by atoms with Crippen molar-refractivity contribution < 1.29 is 9.13 Å². The second-order valence-corrected chi connectivity index (χ2v) is 4.17. The molecule has 100 valence electrons. The van der Waals surface area contributed by atoms with Crippen molar-refractivity contribution in [1.82, 2.24) is 10.3 Å². The van der Waals surface area contributed by atoms with Gasteiger partial charge in [-0.3, -0.25) is 4.98 Å². The molecule has 1 aromatic carbocycles. The summed E-state index contributed by atoms with van der Waals surface area (Å²) >= 11 is 0. The van der Waals surface area contributed by atoms with Crippen molar-refractivity contribution >= 4 is 0 Å². The molecule has 1 atom stereocenters. The predicted octanol–water partition coefficient (Wildman–Crippen LogP) is 2.93. The Morgan fingerprint density at radius 3 is 2.74 bits per heavy atom. The van der Waals surface area contributed by atoms with Gasteiger partial charge in [-0.1, -0.05) is 19.1 Å². The maximum Gasteiger partial charge on any atom is 0.165 e.